The zero-order valence-corrected chi connectivity index (χ0v) is 11.4. The molecule has 0 aromatic carbocycles. The first-order chi connectivity index (χ1) is 9.61. The van der Waals surface area contributed by atoms with Crippen LogP contribution in [0.1, 0.15) is 19.5 Å². The predicted octanol–water partition coefficient (Wildman–Crippen LogP) is 0.387. The van der Waals surface area contributed by atoms with Crippen molar-refractivity contribution in [2.45, 2.75) is 20.0 Å². The average Bonchev–Trinajstić information content (AvgIpc) is 2.92. The van der Waals surface area contributed by atoms with E-state index in [1.807, 2.05) is 19.9 Å². The second-order valence-corrected chi connectivity index (χ2v) is 4.82. The van der Waals surface area contributed by atoms with Crippen molar-refractivity contribution < 1.29 is 4.79 Å². The van der Waals surface area contributed by atoms with Gasteiger partial charge in [-0.15, -0.1) is 0 Å². The van der Waals surface area contributed by atoms with E-state index in [1.54, 1.807) is 17.2 Å². The van der Waals surface area contributed by atoms with Crippen LogP contribution in [0.5, 0.6) is 0 Å². The van der Waals surface area contributed by atoms with Crippen LogP contribution in [0.3, 0.4) is 0 Å². The van der Waals surface area contributed by atoms with Crippen molar-refractivity contribution >= 4 is 23.2 Å². The highest BCUT2D eigenvalue weighted by Gasteiger charge is 2.39. The predicted molar refractivity (Wildman–Crippen MR) is 76.0 cm³/mol. The third-order valence-corrected chi connectivity index (χ3v) is 3.65. The number of nitrogens with one attached hydrogen (secondary N) is 1. The molecule has 104 valence electrons. The molecule has 0 saturated heterocycles. The molecule has 2 aliphatic rings. The molecule has 2 aliphatic heterocycles. The number of aromatic nitrogens is 2. The second kappa shape index (κ2) is 4.59. The van der Waals surface area contributed by atoms with Crippen molar-refractivity contribution in [2.24, 2.45) is 21.6 Å². The lowest BCUT2D eigenvalue weighted by molar-refractivity contribution is -0.127. The quantitative estimate of drug-likeness (QED) is 0.814. The van der Waals surface area contributed by atoms with Crippen molar-refractivity contribution in [3.05, 3.63) is 24.0 Å². The molecule has 2 atom stereocenters. The van der Waals surface area contributed by atoms with Gasteiger partial charge >= 0.3 is 0 Å². The highest BCUT2D eigenvalue weighted by molar-refractivity contribution is 6.21. The molecule has 0 radical (unpaired) electrons. The summed E-state index contributed by atoms with van der Waals surface area (Å²) in [6, 6.07) is 1.78. The Bertz CT molecular complexity index is 627. The van der Waals surface area contributed by atoms with E-state index in [1.165, 1.54) is 0 Å². The first-order valence-electron chi connectivity index (χ1n) is 6.52. The first kappa shape index (κ1) is 12.6. The van der Waals surface area contributed by atoms with E-state index in [4.69, 9.17) is 5.73 Å². The molecule has 0 fully saturated rings. The summed E-state index contributed by atoms with van der Waals surface area (Å²) >= 11 is 0. The van der Waals surface area contributed by atoms with Crippen LogP contribution in [0.15, 0.2) is 28.3 Å². The molecule has 2 unspecified atom stereocenters. The van der Waals surface area contributed by atoms with Crippen LogP contribution in [0.2, 0.25) is 0 Å². The number of nitrogens with two attached hydrogens (primary N) is 1. The highest BCUT2D eigenvalue weighted by Crippen LogP contribution is 2.31. The Hall–Kier alpha value is -2.44. The molecule has 0 saturated carbocycles. The van der Waals surface area contributed by atoms with E-state index in [-0.39, 0.29) is 24.0 Å². The van der Waals surface area contributed by atoms with E-state index in [9.17, 15) is 4.79 Å². The molecule has 0 spiro atoms. The topological polar surface area (TPSA) is 99.7 Å². The number of hydrogen-bond acceptors (Lipinski definition) is 5. The minimum atomic E-state index is -0.295. The lowest BCUT2D eigenvalue weighted by Gasteiger charge is -2.38. The van der Waals surface area contributed by atoms with Crippen molar-refractivity contribution in [3.63, 3.8) is 0 Å². The number of guanidine groups is 1. The molecule has 7 heteroatoms. The molecular weight excluding hydrogens is 256 g/mol. The number of rotatable bonds is 2. The number of carbonyl (C=O) groups is 1. The van der Waals surface area contributed by atoms with Crippen molar-refractivity contribution in [1.82, 2.24) is 15.1 Å². The fraction of sp³-hybridized carbons (Fsp3) is 0.385. The van der Waals surface area contributed by atoms with Crippen molar-refractivity contribution in [1.29, 1.82) is 0 Å². The first-order valence-corrected chi connectivity index (χ1v) is 6.52. The Morgan fingerprint density at radius 1 is 1.50 bits per heavy atom. The molecule has 1 amide bonds. The molecule has 1 aromatic heterocycles. The van der Waals surface area contributed by atoms with Gasteiger partial charge in [0, 0.05) is 18.5 Å². The normalized spacial score (nSPS) is 25.8. The van der Waals surface area contributed by atoms with Gasteiger partial charge in [-0.1, -0.05) is 6.08 Å². The number of fused-ring (bicyclic) bond motifs is 1. The summed E-state index contributed by atoms with van der Waals surface area (Å²) in [5.74, 6) is 0.121. The van der Waals surface area contributed by atoms with Gasteiger partial charge in [-0.05, 0) is 19.9 Å². The van der Waals surface area contributed by atoms with Crippen LogP contribution in [0, 0.1) is 5.92 Å². The van der Waals surface area contributed by atoms with Crippen LogP contribution < -0.4 is 5.73 Å². The van der Waals surface area contributed by atoms with E-state index < -0.39 is 0 Å². The smallest absolute Gasteiger partial charge is 0.257 e. The number of likely N-dealkylation sites (N-methyl/N-ethyl adjacent to an activating group) is 1. The van der Waals surface area contributed by atoms with Crippen LogP contribution >= 0.6 is 0 Å². The zero-order valence-electron chi connectivity index (χ0n) is 11.4. The van der Waals surface area contributed by atoms with Crippen molar-refractivity contribution in [3.8, 4) is 0 Å². The van der Waals surface area contributed by atoms with E-state index in [0.29, 0.717) is 17.8 Å². The van der Waals surface area contributed by atoms with Gasteiger partial charge in [0.15, 0.2) is 0 Å². The number of H-pyrrole nitrogens is 1. The molecule has 3 rings (SSSR count). The number of aromatic amines is 1. The van der Waals surface area contributed by atoms with E-state index in [0.717, 1.165) is 5.71 Å². The lowest BCUT2D eigenvalue weighted by atomic mass is 9.90. The summed E-state index contributed by atoms with van der Waals surface area (Å²) in [5.41, 5.74) is 7.90. The lowest BCUT2D eigenvalue weighted by Crippen LogP contribution is -2.50. The number of amides is 1. The van der Waals surface area contributed by atoms with Gasteiger partial charge in [0.25, 0.3) is 5.91 Å². The fourth-order valence-electron chi connectivity index (χ4n) is 2.65. The summed E-state index contributed by atoms with van der Waals surface area (Å²) in [4.78, 5) is 22.8. The maximum Gasteiger partial charge on any atom is 0.257 e. The van der Waals surface area contributed by atoms with Gasteiger partial charge in [0.1, 0.15) is 6.17 Å². The molecule has 20 heavy (non-hydrogen) atoms. The monoisotopic (exact) mass is 272 g/mol. The number of hydrogen-bond donors (Lipinski definition) is 2. The molecule has 0 aliphatic carbocycles. The summed E-state index contributed by atoms with van der Waals surface area (Å²) in [7, 11) is 0. The van der Waals surface area contributed by atoms with Gasteiger partial charge < -0.3 is 10.6 Å². The van der Waals surface area contributed by atoms with Gasteiger partial charge in [0.05, 0.1) is 17.2 Å². The third-order valence-electron chi connectivity index (χ3n) is 3.65. The molecule has 7 nitrogen and oxygen atoms in total. The molecule has 3 heterocycles. The van der Waals surface area contributed by atoms with Gasteiger partial charge in [-0.3, -0.25) is 9.89 Å². The summed E-state index contributed by atoms with van der Waals surface area (Å²) in [6.45, 7) is 4.40. The van der Waals surface area contributed by atoms with Crippen LogP contribution in [-0.4, -0.2) is 45.4 Å². The number of carbonyl (C=O) groups excluding carboxylic acids is 1. The average molecular weight is 272 g/mol. The van der Waals surface area contributed by atoms with Crippen molar-refractivity contribution in [2.75, 3.05) is 6.54 Å². The molecular formula is C13H16N6O. The van der Waals surface area contributed by atoms with E-state index >= 15 is 0 Å². The maximum atomic E-state index is 12.6. The van der Waals surface area contributed by atoms with Gasteiger partial charge in [-0.2, -0.15) is 5.10 Å². The maximum absolute atomic E-state index is 12.6. The Morgan fingerprint density at radius 2 is 2.30 bits per heavy atom. The fourth-order valence-corrected chi connectivity index (χ4v) is 2.65. The number of nitrogens with zero attached hydrogens (tertiary/aromatic N) is 4. The molecule has 3 N–H and O–H groups in total. The SMILES string of the molecule is CCN1C(=O)C(c2ccn[nH]2)=CC2C(C)=NC(N)=NC21. The van der Waals surface area contributed by atoms with Crippen LogP contribution in [0.4, 0.5) is 0 Å². The molecule has 0 bridgehead atoms. The van der Waals surface area contributed by atoms with Gasteiger partial charge in [0.2, 0.25) is 5.96 Å². The Balaban J connectivity index is 2.10. The molecule has 1 aromatic rings. The van der Waals surface area contributed by atoms with Gasteiger partial charge in [-0.25, -0.2) is 9.98 Å². The summed E-state index contributed by atoms with van der Waals surface area (Å²) < 4.78 is 0. The van der Waals surface area contributed by atoms with E-state index in [2.05, 4.69) is 20.2 Å². The second-order valence-electron chi connectivity index (χ2n) is 4.82. The third kappa shape index (κ3) is 1.82. The standard InChI is InChI=1S/C13H16N6O/c1-3-19-11-8(7(2)16-13(14)17-11)6-9(12(19)20)10-4-5-15-18-10/h4-6,8,11H,3H2,1-2H3,(H2,14,17)(H,15,18). The largest absolute Gasteiger partial charge is 0.368 e. The minimum absolute atomic E-state index is 0.0433. The minimum Gasteiger partial charge on any atom is -0.368 e. The van der Waals surface area contributed by atoms with Crippen LogP contribution in [-0.2, 0) is 4.79 Å². The van der Waals surface area contributed by atoms with Crippen LogP contribution in [0.25, 0.3) is 5.57 Å². The Morgan fingerprint density at radius 3 is 2.95 bits per heavy atom. The number of aliphatic imine (C=N–C) groups is 2. The Labute approximate surface area is 116 Å². The highest BCUT2D eigenvalue weighted by atomic mass is 16.2. The summed E-state index contributed by atoms with van der Waals surface area (Å²) in [6.07, 6.45) is 3.24. The Kier molecular flexibility index (Phi) is 2.89. The zero-order chi connectivity index (χ0) is 14.3. The summed E-state index contributed by atoms with van der Waals surface area (Å²) in [5, 5.41) is 6.74.